The Bertz CT molecular complexity index is 1360. The second-order valence-electron chi connectivity index (χ2n) is 8.56. The molecule has 1 fully saturated rings. The molecule has 3 aromatic rings. The Morgan fingerprint density at radius 1 is 1.06 bits per heavy atom. The molecule has 4 rings (SSSR count). The number of pyridine rings is 1. The van der Waals surface area contributed by atoms with Crippen LogP contribution >= 0.6 is 0 Å². The summed E-state index contributed by atoms with van der Waals surface area (Å²) in [5.41, 5.74) is 1.62. The number of benzene rings is 2. The molecule has 0 aliphatic carbocycles. The molecule has 1 aliphatic heterocycles. The third-order valence-electron chi connectivity index (χ3n) is 6.14. The quantitative estimate of drug-likeness (QED) is 0.537. The second-order valence-corrected chi connectivity index (χ2v) is 10.4. The first-order valence-corrected chi connectivity index (χ1v) is 12.7. The predicted molar refractivity (Wildman–Crippen MR) is 127 cm³/mol. The van der Waals surface area contributed by atoms with Crippen LogP contribution in [0.15, 0.2) is 51.1 Å². The van der Waals surface area contributed by atoms with Gasteiger partial charge in [0.25, 0.3) is 0 Å². The number of morpholine rings is 1. The lowest BCUT2D eigenvalue weighted by molar-refractivity contribution is 0.122. The topological polar surface area (TPSA) is 68.6 Å². The molecule has 0 bridgehead atoms. The third kappa shape index (κ3) is 4.42. The van der Waals surface area contributed by atoms with Crippen molar-refractivity contribution in [2.24, 2.45) is 0 Å². The molecule has 33 heavy (non-hydrogen) atoms. The fraction of sp³-hybridized carbons (Fsp3) is 0.400. The summed E-state index contributed by atoms with van der Waals surface area (Å²) < 4.78 is 49.4. The first kappa shape index (κ1) is 23.4. The van der Waals surface area contributed by atoms with Crippen molar-refractivity contribution in [3.63, 3.8) is 0 Å². The van der Waals surface area contributed by atoms with E-state index in [9.17, 15) is 13.2 Å². The Morgan fingerprint density at radius 3 is 2.48 bits per heavy atom. The minimum Gasteiger partial charge on any atom is -0.378 e. The number of anilines is 1. The summed E-state index contributed by atoms with van der Waals surface area (Å²) >= 11 is 0. The third-order valence-corrected chi connectivity index (χ3v) is 8.03. The maximum absolute atomic E-state index is 15.2. The maximum Gasteiger partial charge on any atom is 0.212 e. The van der Waals surface area contributed by atoms with E-state index in [-0.39, 0.29) is 15.2 Å². The number of sulfone groups is 1. The Hall–Kier alpha value is -2.71. The molecule has 6 nitrogen and oxygen atoms in total. The lowest BCUT2D eigenvalue weighted by Gasteiger charge is -2.29. The fourth-order valence-corrected chi connectivity index (χ4v) is 5.93. The van der Waals surface area contributed by atoms with Gasteiger partial charge in [-0.25, -0.2) is 12.8 Å². The van der Waals surface area contributed by atoms with Crippen LogP contribution in [0.2, 0.25) is 0 Å². The highest BCUT2D eigenvalue weighted by molar-refractivity contribution is 7.91. The van der Waals surface area contributed by atoms with Crippen LogP contribution in [0.1, 0.15) is 30.9 Å². The van der Waals surface area contributed by atoms with Gasteiger partial charge in [0.2, 0.25) is 15.3 Å². The van der Waals surface area contributed by atoms with Crippen molar-refractivity contribution >= 4 is 26.4 Å². The second kappa shape index (κ2) is 9.27. The summed E-state index contributed by atoms with van der Waals surface area (Å²) in [5.74, 6) is -0.537. The lowest BCUT2D eigenvalue weighted by Crippen LogP contribution is -2.36. The number of nitrogens with zero attached hydrogens (tertiary/aromatic N) is 2. The SMILES string of the molecule is CCCCn1cc(S(=O)(=O)c2cc(C)ccc2C)c(=O)c2cc(F)c(N3CCOCC3)cc21. The van der Waals surface area contributed by atoms with Gasteiger partial charge in [-0.2, -0.15) is 0 Å². The van der Waals surface area contributed by atoms with Crippen LogP contribution in [0.5, 0.6) is 0 Å². The first-order chi connectivity index (χ1) is 15.7. The normalized spacial score (nSPS) is 14.7. The summed E-state index contributed by atoms with van der Waals surface area (Å²) in [4.78, 5) is 15.1. The van der Waals surface area contributed by atoms with Crippen LogP contribution in [-0.2, 0) is 21.1 Å². The Balaban J connectivity index is 1.96. The van der Waals surface area contributed by atoms with Gasteiger partial charge in [0, 0.05) is 25.8 Å². The fourth-order valence-electron chi connectivity index (χ4n) is 4.24. The highest BCUT2D eigenvalue weighted by Crippen LogP contribution is 2.29. The van der Waals surface area contributed by atoms with Crippen molar-refractivity contribution < 1.29 is 17.5 Å². The van der Waals surface area contributed by atoms with E-state index in [2.05, 4.69) is 0 Å². The molecular weight excluding hydrogens is 443 g/mol. The van der Waals surface area contributed by atoms with Gasteiger partial charge < -0.3 is 14.2 Å². The van der Waals surface area contributed by atoms with Gasteiger partial charge in [-0.05, 0) is 49.6 Å². The number of hydrogen-bond donors (Lipinski definition) is 0. The van der Waals surface area contributed by atoms with Crippen molar-refractivity contribution in [2.45, 2.75) is 49.9 Å². The van der Waals surface area contributed by atoms with E-state index in [1.165, 1.54) is 12.3 Å². The van der Waals surface area contributed by atoms with E-state index in [4.69, 9.17) is 4.74 Å². The molecule has 2 aromatic carbocycles. The van der Waals surface area contributed by atoms with Crippen molar-refractivity contribution in [1.29, 1.82) is 0 Å². The van der Waals surface area contributed by atoms with E-state index in [0.717, 1.165) is 18.4 Å². The average molecular weight is 473 g/mol. The molecule has 2 heterocycles. The zero-order valence-corrected chi connectivity index (χ0v) is 20.0. The van der Waals surface area contributed by atoms with Crippen LogP contribution in [-0.4, -0.2) is 39.3 Å². The predicted octanol–water partition coefficient (Wildman–Crippen LogP) is 4.23. The standard InChI is InChI=1S/C25H29FN2O4S/c1-4-5-8-28-16-24(33(30,31)23-13-17(2)6-7-18(23)3)25(29)19-14-20(26)22(15-21(19)28)27-9-11-32-12-10-27/h6-7,13-16H,4-5,8-12H2,1-3H3. The van der Waals surface area contributed by atoms with Gasteiger partial charge in [-0.15, -0.1) is 0 Å². The number of halogens is 1. The number of aromatic nitrogens is 1. The number of rotatable bonds is 6. The van der Waals surface area contributed by atoms with Gasteiger partial charge in [0.15, 0.2) is 0 Å². The average Bonchev–Trinajstić information content (AvgIpc) is 2.80. The molecule has 0 unspecified atom stereocenters. The van der Waals surface area contributed by atoms with E-state index in [1.54, 1.807) is 36.6 Å². The highest BCUT2D eigenvalue weighted by atomic mass is 32.2. The van der Waals surface area contributed by atoms with Gasteiger partial charge in [0.05, 0.1) is 34.7 Å². The first-order valence-electron chi connectivity index (χ1n) is 11.3. The van der Waals surface area contributed by atoms with Gasteiger partial charge in [-0.1, -0.05) is 25.5 Å². The van der Waals surface area contributed by atoms with Crippen LogP contribution in [0.25, 0.3) is 10.9 Å². The Morgan fingerprint density at radius 2 is 1.79 bits per heavy atom. The van der Waals surface area contributed by atoms with Crippen molar-refractivity contribution in [3.8, 4) is 0 Å². The van der Waals surface area contributed by atoms with E-state index < -0.39 is 21.1 Å². The maximum atomic E-state index is 15.2. The zero-order valence-electron chi connectivity index (χ0n) is 19.2. The number of unbranched alkanes of at least 4 members (excludes halogenated alkanes) is 1. The van der Waals surface area contributed by atoms with Crippen molar-refractivity contribution in [1.82, 2.24) is 4.57 Å². The number of hydrogen-bond acceptors (Lipinski definition) is 5. The largest absolute Gasteiger partial charge is 0.378 e. The summed E-state index contributed by atoms with van der Waals surface area (Å²) in [6.45, 7) is 8.20. The molecule has 1 aliphatic rings. The van der Waals surface area contributed by atoms with Gasteiger partial charge >= 0.3 is 0 Å². The van der Waals surface area contributed by atoms with Gasteiger partial charge in [0.1, 0.15) is 10.7 Å². The van der Waals surface area contributed by atoms with Crippen LogP contribution in [0.4, 0.5) is 10.1 Å². The summed E-state index contributed by atoms with van der Waals surface area (Å²) in [6.07, 6.45) is 3.12. The van der Waals surface area contributed by atoms with Crippen molar-refractivity contribution in [3.05, 3.63) is 63.7 Å². The van der Waals surface area contributed by atoms with Crippen LogP contribution < -0.4 is 10.3 Å². The summed E-state index contributed by atoms with van der Waals surface area (Å²) in [5, 5.41) is 0.0759. The number of ether oxygens (including phenoxy) is 1. The monoisotopic (exact) mass is 472 g/mol. The molecule has 176 valence electrons. The molecule has 0 saturated carbocycles. The molecule has 0 spiro atoms. The Labute approximate surface area is 193 Å². The summed E-state index contributed by atoms with van der Waals surface area (Å²) in [6, 6.07) is 7.99. The molecule has 0 amide bonds. The molecule has 1 saturated heterocycles. The van der Waals surface area contributed by atoms with E-state index >= 15 is 4.39 Å². The smallest absolute Gasteiger partial charge is 0.212 e. The van der Waals surface area contributed by atoms with E-state index in [0.29, 0.717) is 49.6 Å². The highest BCUT2D eigenvalue weighted by Gasteiger charge is 2.27. The molecule has 8 heteroatoms. The van der Waals surface area contributed by atoms with Gasteiger partial charge in [-0.3, -0.25) is 4.79 Å². The molecule has 0 radical (unpaired) electrons. The number of aryl methyl sites for hydroxylation is 3. The van der Waals surface area contributed by atoms with Crippen LogP contribution in [0, 0.1) is 19.7 Å². The molecule has 1 aromatic heterocycles. The van der Waals surface area contributed by atoms with Crippen LogP contribution in [0.3, 0.4) is 0 Å². The molecule has 0 N–H and O–H groups in total. The lowest BCUT2D eigenvalue weighted by atomic mass is 10.1. The zero-order chi connectivity index (χ0) is 23.8. The minimum absolute atomic E-state index is 0.0759. The van der Waals surface area contributed by atoms with E-state index in [1.807, 2.05) is 17.9 Å². The number of fused-ring (bicyclic) bond motifs is 1. The molecule has 0 atom stereocenters. The Kier molecular flexibility index (Phi) is 6.59. The van der Waals surface area contributed by atoms with Crippen molar-refractivity contribution in [2.75, 3.05) is 31.2 Å². The minimum atomic E-state index is -4.09. The molecular formula is C25H29FN2O4S. The summed E-state index contributed by atoms with van der Waals surface area (Å²) in [7, 11) is -4.09.